The Morgan fingerprint density at radius 3 is 2.67 bits per heavy atom. The van der Waals surface area contributed by atoms with E-state index in [0.717, 1.165) is 0 Å². The van der Waals surface area contributed by atoms with Crippen molar-refractivity contribution in [3.8, 4) is 0 Å². The number of amides is 2. The average molecular weight is 395 g/mol. The molecule has 0 radical (unpaired) electrons. The zero-order valence-electron chi connectivity index (χ0n) is 15.4. The molecule has 0 aliphatic heterocycles. The highest BCUT2D eigenvalue weighted by atomic mass is 32.2. The standard InChI is InChI=1S/C16H21N5O5S/c1-5-25-15(24)11-9(4)26-14(12(11)13(17)23)19-10(22)6-27-16-20-18-7-21(16)8(2)3/h7-8H,5-6H2,1-4H3,(H2,17,23)(H,19,22). The number of anilines is 1. The largest absolute Gasteiger partial charge is 0.462 e. The van der Waals surface area contributed by atoms with Crippen LogP contribution in [0, 0.1) is 6.92 Å². The number of thioether (sulfide) groups is 1. The van der Waals surface area contributed by atoms with Crippen molar-refractivity contribution in [1.29, 1.82) is 0 Å². The number of nitrogens with one attached hydrogen (secondary N) is 1. The minimum absolute atomic E-state index is 0.00188. The fraction of sp³-hybridized carbons (Fsp3) is 0.438. The normalized spacial score (nSPS) is 10.9. The van der Waals surface area contributed by atoms with Gasteiger partial charge in [0.05, 0.1) is 12.4 Å². The van der Waals surface area contributed by atoms with Gasteiger partial charge in [-0.25, -0.2) is 4.79 Å². The molecule has 0 aliphatic carbocycles. The molecule has 0 aliphatic rings. The number of hydrogen-bond acceptors (Lipinski definition) is 8. The van der Waals surface area contributed by atoms with Crippen molar-refractivity contribution < 1.29 is 23.5 Å². The van der Waals surface area contributed by atoms with E-state index in [0.29, 0.717) is 5.16 Å². The second kappa shape index (κ2) is 8.71. The number of rotatable bonds is 8. The zero-order chi connectivity index (χ0) is 20.1. The predicted octanol–water partition coefficient (Wildman–Crippen LogP) is 1.77. The van der Waals surface area contributed by atoms with E-state index in [1.807, 2.05) is 18.4 Å². The molecule has 0 bridgehead atoms. The second-order valence-corrected chi connectivity index (χ2v) is 6.72. The SMILES string of the molecule is CCOC(=O)c1c(C)oc(NC(=O)CSc2nncn2C(C)C)c1C(N)=O. The van der Waals surface area contributed by atoms with E-state index >= 15 is 0 Å². The molecule has 146 valence electrons. The number of nitrogens with zero attached hydrogens (tertiary/aromatic N) is 3. The van der Waals surface area contributed by atoms with Gasteiger partial charge in [-0.2, -0.15) is 0 Å². The maximum Gasteiger partial charge on any atom is 0.342 e. The molecule has 0 saturated heterocycles. The molecule has 0 atom stereocenters. The Labute approximate surface area is 159 Å². The van der Waals surface area contributed by atoms with E-state index < -0.39 is 17.8 Å². The Morgan fingerprint density at radius 1 is 1.37 bits per heavy atom. The lowest BCUT2D eigenvalue weighted by Gasteiger charge is -2.09. The Morgan fingerprint density at radius 2 is 2.07 bits per heavy atom. The number of hydrogen-bond donors (Lipinski definition) is 2. The van der Waals surface area contributed by atoms with Crippen molar-refractivity contribution in [3.05, 3.63) is 23.2 Å². The molecular weight excluding hydrogens is 374 g/mol. The van der Waals surface area contributed by atoms with Crippen LogP contribution in [0.15, 0.2) is 15.9 Å². The van der Waals surface area contributed by atoms with Crippen molar-refractivity contribution in [1.82, 2.24) is 14.8 Å². The molecule has 3 N–H and O–H groups in total. The molecule has 0 spiro atoms. The Balaban J connectivity index is 2.15. The lowest BCUT2D eigenvalue weighted by Crippen LogP contribution is -2.21. The van der Waals surface area contributed by atoms with Crippen LogP contribution < -0.4 is 11.1 Å². The highest BCUT2D eigenvalue weighted by Gasteiger charge is 2.29. The Bertz CT molecular complexity index is 858. The molecule has 27 heavy (non-hydrogen) atoms. The third-order valence-corrected chi connectivity index (χ3v) is 4.45. The van der Waals surface area contributed by atoms with Crippen LogP contribution in [-0.4, -0.2) is 44.9 Å². The highest BCUT2D eigenvalue weighted by molar-refractivity contribution is 7.99. The van der Waals surface area contributed by atoms with E-state index in [4.69, 9.17) is 14.9 Å². The van der Waals surface area contributed by atoms with Crippen molar-refractivity contribution in [2.45, 2.75) is 38.9 Å². The minimum Gasteiger partial charge on any atom is -0.462 e. The summed E-state index contributed by atoms with van der Waals surface area (Å²) in [7, 11) is 0. The summed E-state index contributed by atoms with van der Waals surface area (Å²) >= 11 is 1.18. The lowest BCUT2D eigenvalue weighted by atomic mass is 10.1. The van der Waals surface area contributed by atoms with E-state index in [1.54, 1.807) is 13.3 Å². The molecular formula is C16H21N5O5S. The summed E-state index contributed by atoms with van der Waals surface area (Å²) < 4.78 is 12.1. The molecule has 0 fully saturated rings. The monoisotopic (exact) mass is 395 g/mol. The topological polar surface area (TPSA) is 142 Å². The van der Waals surface area contributed by atoms with Crippen molar-refractivity contribution in [2.24, 2.45) is 5.73 Å². The minimum atomic E-state index is -0.905. The van der Waals surface area contributed by atoms with Crippen LogP contribution in [0.25, 0.3) is 0 Å². The van der Waals surface area contributed by atoms with Crippen LogP contribution in [0.3, 0.4) is 0 Å². The van der Waals surface area contributed by atoms with Gasteiger partial charge in [0.25, 0.3) is 5.91 Å². The molecule has 2 amide bonds. The van der Waals surface area contributed by atoms with Crippen LogP contribution in [0.4, 0.5) is 5.88 Å². The quantitative estimate of drug-likeness (QED) is 0.508. The van der Waals surface area contributed by atoms with Crippen LogP contribution >= 0.6 is 11.8 Å². The van der Waals surface area contributed by atoms with Crippen LogP contribution in [0.1, 0.15) is 53.3 Å². The summed E-state index contributed by atoms with van der Waals surface area (Å²) in [6.45, 7) is 7.17. The highest BCUT2D eigenvalue weighted by Crippen LogP contribution is 2.28. The zero-order valence-corrected chi connectivity index (χ0v) is 16.3. The van der Waals surface area contributed by atoms with Gasteiger partial charge in [-0.3, -0.25) is 14.9 Å². The van der Waals surface area contributed by atoms with Gasteiger partial charge in [-0.15, -0.1) is 10.2 Å². The van der Waals surface area contributed by atoms with Gasteiger partial charge in [0.1, 0.15) is 23.2 Å². The van der Waals surface area contributed by atoms with Gasteiger partial charge in [0.15, 0.2) is 5.16 Å². The third-order valence-electron chi connectivity index (χ3n) is 3.49. The van der Waals surface area contributed by atoms with Gasteiger partial charge in [-0.05, 0) is 27.7 Å². The van der Waals surface area contributed by atoms with E-state index in [1.165, 1.54) is 18.7 Å². The summed E-state index contributed by atoms with van der Waals surface area (Å²) in [5.41, 5.74) is 5.05. The molecule has 2 aromatic heterocycles. The summed E-state index contributed by atoms with van der Waals surface area (Å²) in [5, 5.41) is 10.8. The van der Waals surface area contributed by atoms with Crippen LogP contribution in [-0.2, 0) is 9.53 Å². The number of esters is 1. The van der Waals surface area contributed by atoms with Crippen LogP contribution in [0.2, 0.25) is 0 Å². The van der Waals surface area contributed by atoms with Gasteiger partial charge in [-0.1, -0.05) is 11.8 Å². The van der Waals surface area contributed by atoms with Crippen LogP contribution in [0.5, 0.6) is 0 Å². The van der Waals surface area contributed by atoms with E-state index in [-0.39, 0.29) is 41.2 Å². The van der Waals surface area contributed by atoms with Crippen molar-refractivity contribution >= 4 is 35.4 Å². The first-order valence-electron chi connectivity index (χ1n) is 8.18. The number of aromatic nitrogens is 3. The Kier molecular flexibility index (Phi) is 6.61. The number of carbonyl (C=O) groups is 3. The van der Waals surface area contributed by atoms with Gasteiger partial charge in [0, 0.05) is 6.04 Å². The first-order chi connectivity index (χ1) is 12.8. The average Bonchev–Trinajstić information content (AvgIpc) is 3.17. The number of furan rings is 1. The summed E-state index contributed by atoms with van der Waals surface area (Å²) in [6, 6.07) is 0.145. The van der Waals surface area contributed by atoms with Crippen molar-refractivity contribution in [2.75, 3.05) is 17.7 Å². The number of aryl methyl sites for hydroxylation is 1. The predicted molar refractivity (Wildman–Crippen MR) is 97.7 cm³/mol. The van der Waals surface area contributed by atoms with E-state index in [9.17, 15) is 14.4 Å². The molecule has 0 saturated carbocycles. The van der Waals surface area contributed by atoms with E-state index in [2.05, 4.69) is 15.5 Å². The summed E-state index contributed by atoms with van der Waals surface area (Å²) in [4.78, 5) is 36.1. The molecule has 2 aromatic rings. The molecule has 10 nitrogen and oxygen atoms in total. The fourth-order valence-corrected chi connectivity index (χ4v) is 3.14. The number of primary amides is 1. The third kappa shape index (κ3) is 4.67. The van der Waals surface area contributed by atoms with Crippen molar-refractivity contribution in [3.63, 3.8) is 0 Å². The van der Waals surface area contributed by atoms with Gasteiger partial charge < -0.3 is 19.5 Å². The summed E-state index contributed by atoms with van der Waals surface area (Å²) in [5.74, 6) is -2.16. The molecule has 0 unspecified atom stereocenters. The number of ether oxygens (including phenoxy) is 1. The van der Waals surface area contributed by atoms with Gasteiger partial charge in [0.2, 0.25) is 11.8 Å². The van der Waals surface area contributed by atoms with Gasteiger partial charge >= 0.3 is 5.97 Å². The molecule has 2 rings (SSSR count). The first kappa shape index (κ1) is 20.5. The maximum absolute atomic E-state index is 12.3. The smallest absolute Gasteiger partial charge is 0.342 e. The molecule has 0 aromatic carbocycles. The first-order valence-corrected chi connectivity index (χ1v) is 9.17. The molecule has 2 heterocycles. The number of nitrogens with two attached hydrogens (primary N) is 1. The molecule has 11 heteroatoms. The fourth-order valence-electron chi connectivity index (χ4n) is 2.30. The number of carbonyl (C=O) groups excluding carboxylic acids is 3. The lowest BCUT2D eigenvalue weighted by molar-refractivity contribution is -0.113. The second-order valence-electron chi connectivity index (χ2n) is 5.77. The summed E-state index contributed by atoms with van der Waals surface area (Å²) in [6.07, 6.45) is 1.58. The maximum atomic E-state index is 12.3. The Hall–Kier alpha value is -2.82.